The molecular formula is C22H23BrN2O2. The summed E-state index contributed by atoms with van der Waals surface area (Å²) in [5.41, 5.74) is 2.84. The van der Waals surface area contributed by atoms with Crippen molar-refractivity contribution in [2.45, 2.75) is 50.5 Å². The zero-order valence-corrected chi connectivity index (χ0v) is 16.9. The first-order chi connectivity index (χ1) is 13.0. The second-order valence-corrected chi connectivity index (χ2v) is 8.59. The lowest BCUT2D eigenvalue weighted by atomic mass is 9.64. The lowest BCUT2D eigenvalue weighted by molar-refractivity contribution is -0.124. The number of carbonyl (C=O) groups excluding carboxylic acids is 2. The van der Waals surface area contributed by atoms with Crippen molar-refractivity contribution in [3.05, 3.63) is 63.6 Å². The van der Waals surface area contributed by atoms with Gasteiger partial charge in [-0.3, -0.25) is 9.59 Å². The minimum atomic E-state index is -0.473. The van der Waals surface area contributed by atoms with E-state index in [0.29, 0.717) is 17.3 Å². The van der Waals surface area contributed by atoms with E-state index < -0.39 is 5.41 Å². The Kier molecular flexibility index (Phi) is 4.81. The summed E-state index contributed by atoms with van der Waals surface area (Å²) in [5.74, 6) is -0.0572. The van der Waals surface area contributed by atoms with Gasteiger partial charge in [-0.1, -0.05) is 40.5 Å². The monoisotopic (exact) mass is 426 g/mol. The van der Waals surface area contributed by atoms with E-state index >= 15 is 0 Å². The fourth-order valence-corrected chi connectivity index (χ4v) is 3.85. The Morgan fingerprint density at radius 2 is 1.78 bits per heavy atom. The quantitative estimate of drug-likeness (QED) is 0.726. The Morgan fingerprint density at radius 3 is 2.37 bits per heavy atom. The van der Waals surface area contributed by atoms with Crippen molar-refractivity contribution in [2.24, 2.45) is 0 Å². The lowest BCUT2D eigenvalue weighted by Crippen LogP contribution is -2.46. The lowest BCUT2D eigenvalue weighted by Gasteiger charge is -2.41. The number of benzene rings is 2. The second kappa shape index (κ2) is 7.12. The zero-order valence-electron chi connectivity index (χ0n) is 15.3. The molecule has 2 saturated carbocycles. The highest BCUT2D eigenvalue weighted by Crippen LogP contribution is 2.45. The summed E-state index contributed by atoms with van der Waals surface area (Å²) in [6.45, 7) is 1.95. The minimum Gasteiger partial charge on any atom is -0.349 e. The van der Waals surface area contributed by atoms with Crippen LogP contribution >= 0.6 is 15.9 Å². The fourth-order valence-electron chi connectivity index (χ4n) is 3.58. The van der Waals surface area contributed by atoms with E-state index in [1.807, 2.05) is 43.3 Å². The van der Waals surface area contributed by atoms with E-state index in [2.05, 4.69) is 26.6 Å². The summed E-state index contributed by atoms with van der Waals surface area (Å²) in [6, 6.07) is 13.8. The molecule has 2 aliphatic rings. The molecule has 5 heteroatoms. The summed E-state index contributed by atoms with van der Waals surface area (Å²) < 4.78 is 1.01. The second-order valence-electron chi connectivity index (χ2n) is 7.67. The number of hydrogen-bond donors (Lipinski definition) is 2. The topological polar surface area (TPSA) is 58.2 Å². The Morgan fingerprint density at radius 1 is 1.07 bits per heavy atom. The molecule has 0 atom stereocenters. The van der Waals surface area contributed by atoms with Crippen LogP contribution in [0.3, 0.4) is 0 Å². The van der Waals surface area contributed by atoms with E-state index in [0.717, 1.165) is 47.7 Å². The summed E-state index contributed by atoms with van der Waals surface area (Å²) in [4.78, 5) is 25.5. The molecule has 2 aliphatic carbocycles. The predicted molar refractivity (Wildman–Crippen MR) is 110 cm³/mol. The van der Waals surface area contributed by atoms with Crippen LogP contribution in [0.4, 0.5) is 5.69 Å². The van der Waals surface area contributed by atoms with Gasteiger partial charge in [0, 0.05) is 21.8 Å². The normalized spacial score (nSPS) is 17.7. The van der Waals surface area contributed by atoms with E-state index in [4.69, 9.17) is 0 Å². The third kappa shape index (κ3) is 3.65. The van der Waals surface area contributed by atoms with Gasteiger partial charge < -0.3 is 10.6 Å². The molecule has 4 nitrogen and oxygen atoms in total. The molecule has 0 bridgehead atoms. The third-order valence-corrected chi connectivity index (χ3v) is 6.23. The van der Waals surface area contributed by atoms with Gasteiger partial charge in [0.2, 0.25) is 5.91 Å². The van der Waals surface area contributed by atoms with Crippen molar-refractivity contribution >= 4 is 33.4 Å². The van der Waals surface area contributed by atoms with Gasteiger partial charge in [0.1, 0.15) is 0 Å². The molecule has 0 unspecified atom stereocenters. The molecule has 4 rings (SSSR count). The molecule has 2 fully saturated rings. The zero-order chi connectivity index (χ0) is 19.0. The smallest absolute Gasteiger partial charge is 0.251 e. The number of amides is 2. The largest absolute Gasteiger partial charge is 0.349 e. The van der Waals surface area contributed by atoms with E-state index in [1.165, 1.54) is 0 Å². The summed E-state index contributed by atoms with van der Waals surface area (Å²) in [7, 11) is 0. The van der Waals surface area contributed by atoms with Crippen molar-refractivity contribution in [2.75, 3.05) is 5.32 Å². The van der Waals surface area contributed by atoms with Crippen LogP contribution in [-0.4, -0.2) is 17.9 Å². The van der Waals surface area contributed by atoms with Crippen LogP contribution < -0.4 is 10.6 Å². The van der Waals surface area contributed by atoms with Crippen molar-refractivity contribution in [3.8, 4) is 0 Å². The van der Waals surface area contributed by atoms with Crippen LogP contribution in [0.15, 0.2) is 46.9 Å². The molecule has 0 spiro atoms. The summed E-state index contributed by atoms with van der Waals surface area (Å²) in [5, 5.41) is 6.10. The average Bonchev–Trinajstić information content (AvgIpc) is 3.41. The number of halogens is 1. The minimum absolute atomic E-state index is 0.0129. The van der Waals surface area contributed by atoms with E-state index in [9.17, 15) is 9.59 Å². The maximum atomic E-state index is 13.2. The maximum Gasteiger partial charge on any atom is 0.251 e. The van der Waals surface area contributed by atoms with Gasteiger partial charge >= 0.3 is 0 Å². The summed E-state index contributed by atoms with van der Waals surface area (Å²) in [6.07, 6.45) is 4.85. The first-order valence-corrected chi connectivity index (χ1v) is 10.3. The van der Waals surface area contributed by atoms with Crippen molar-refractivity contribution in [1.82, 2.24) is 5.32 Å². The Bertz CT molecular complexity index is 884. The van der Waals surface area contributed by atoms with Crippen LogP contribution in [0.1, 0.15) is 53.6 Å². The van der Waals surface area contributed by atoms with Gasteiger partial charge in [-0.05, 0) is 68.0 Å². The molecule has 2 N–H and O–H groups in total. The Labute approximate surface area is 167 Å². The molecule has 2 amide bonds. The molecule has 2 aromatic carbocycles. The highest BCUT2D eigenvalue weighted by Gasteiger charge is 2.45. The molecule has 0 radical (unpaired) electrons. The number of anilines is 1. The highest BCUT2D eigenvalue weighted by molar-refractivity contribution is 9.10. The summed E-state index contributed by atoms with van der Waals surface area (Å²) >= 11 is 3.46. The van der Waals surface area contributed by atoms with Gasteiger partial charge in [-0.25, -0.2) is 0 Å². The maximum absolute atomic E-state index is 13.2. The van der Waals surface area contributed by atoms with Gasteiger partial charge in [-0.2, -0.15) is 0 Å². The molecular weight excluding hydrogens is 404 g/mol. The van der Waals surface area contributed by atoms with Crippen molar-refractivity contribution in [1.29, 1.82) is 0 Å². The van der Waals surface area contributed by atoms with E-state index in [1.54, 1.807) is 6.07 Å². The first kappa shape index (κ1) is 18.2. The SMILES string of the molecule is Cc1ccc(C(=O)NC2CC2)cc1NC(=O)C1(c2ccc(Br)cc2)CCC1. The number of rotatable bonds is 5. The number of nitrogens with one attached hydrogen (secondary N) is 2. The number of aryl methyl sites for hydroxylation is 1. The Hall–Kier alpha value is -2.14. The predicted octanol–water partition coefficient (Wildman–Crippen LogP) is 4.71. The number of carbonyl (C=O) groups is 2. The molecule has 140 valence electrons. The first-order valence-electron chi connectivity index (χ1n) is 9.47. The molecule has 0 aromatic heterocycles. The van der Waals surface area contributed by atoms with E-state index in [-0.39, 0.29) is 11.8 Å². The van der Waals surface area contributed by atoms with Gasteiger partial charge in [0.05, 0.1) is 5.41 Å². The third-order valence-electron chi connectivity index (χ3n) is 5.70. The molecule has 2 aromatic rings. The molecule has 0 heterocycles. The molecule has 0 aliphatic heterocycles. The molecule has 27 heavy (non-hydrogen) atoms. The standard InChI is InChI=1S/C22H23BrN2O2/c1-14-3-4-15(20(26)24-18-9-10-18)13-19(14)25-21(27)22(11-2-12-22)16-5-7-17(23)8-6-16/h3-8,13,18H,2,9-12H2,1H3,(H,24,26)(H,25,27). The van der Waals surface area contributed by atoms with Gasteiger partial charge in [0.15, 0.2) is 0 Å². The van der Waals surface area contributed by atoms with Crippen LogP contribution in [-0.2, 0) is 10.2 Å². The Balaban J connectivity index is 1.56. The van der Waals surface area contributed by atoms with Gasteiger partial charge in [0.25, 0.3) is 5.91 Å². The number of hydrogen-bond acceptors (Lipinski definition) is 2. The van der Waals surface area contributed by atoms with Crippen LogP contribution in [0.2, 0.25) is 0 Å². The van der Waals surface area contributed by atoms with Crippen molar-refractivity contribution in [3.63, 3.8) is 0 Å². The van der Waals surface area contributed by atoms with Crippen LogP contribution in [0, 0.1) is 6.92 Å². The van der Waals surface area contributed by atoms with Crippen LogP contribution in [0.5, 0.6) is 0 Å². The van der Waals surface area contributed by atoms with Crippen LogP contribution in [0.25, 0.3) is 0 Å². The van der Waals surface area contributed by atoms with Gasteiger partial charge in [-0.15, -0.1) is 0 Å². The van der Waals surface area contributed by atoms with Crippen molar-refractivity contribution < 1.29 is 9.59 Å². The highest BCUT2D eigenvalue weighted by atomic mass is 79.9. The fraction of sp³-hybridized carbons (Fsp3) is 0.364. The average molecular weight is 427 g/mol. The molecule has 0 saturated heterocycles.